The molecule has 0 atom stereocenters. The molecule has 0 spiro atoms. The van der Waals surface area contributed by atoms with Crippen LogP contribution in [0, 0.1) is 11.3 Å². The fourth-order valence-corrected chi connectivity index (χ4v) is 3.05. The number of rotatable bonds is 2. The van der Waals surface area contributed by atoms with Crippen molar-refractivity contribution in [2.24, 2.45) is 0 Å². The Morgan fingerprint density at radius 1 is 1.05 bits per heavy atom. The molecule has 0 saturated carbocycles. The fraction of sp³-hybridized carbons (Fsp3) is 0.188. The van der Waals surface area contributed by atoms with E-state index >= 15 is 0 Å². The van der Waals surface area contributed by atoms with Crippen LogP contribution in [0.4, 0.5) is 5.69 Å². The van der Waals surface area contributed by atoms with Crippen LogP contribution in [-0.4, -0.2) is 5.54 Å². The van der Waals surface area contributed by atoms with Crippen molar-refractivity contribution in [2.45, 2.75) is 18.4 Å². The Bertz CT molecular complexity index is 633. The molecule has 0 radical (unpaired) electrons. The number of hydrogen-bond acceptors (Lipinski definition) is 2. The highest BCUT2D eigenvalue weighted by molar-refractivity contribution is 9.10. The lowest BCUT2D eigenvalue weighted by atomic mass is 9.97. The first-order valence-electron chi connectivity index (χ1n) is 6.23. The molecule has 1 aliphatic carbocycles. The summed E-state index contributed by atoms with van der Waals surface area (Å²) >= 11 is 3.46. The summed E-state index contributed by atoms with van der Waals surface area (Å²) in [5.74, 6) is 0. The maximum absolute atomic E-state index is 9.60. The molecule has 0 amide bonds. The number of benzene rings is 2. The largest absolute Gasteiger partial charge is 0.367 e. The Balaban J connectivity index is 1.90. The van der Waals surface area contributed by atoms with Crippen LogP contribution in [0.1, 0.15) is 11.1 Å². The lowest BCUT2D eigenvalue weighted by Gasteiger charge is -2.23. The molecule has 0 saturated heterocycles. The average molecular weight is 313 g/mol. The topological polar surface area (TPSA) is 35.8 Å². The normalized spacial score (nSPS) is 15.6. The fourth-order valence-electron chi connectivity index (χ4n) is 2.65. The van der Waals surface area contributed by atoms with Crippen molar-refractivity contribution in [3.05, 3.63) is 64.1 Å². The van der Waals surface area contributed by atoms with Crippen LogP contribution in [0.25, 0.3) is 0 Å². The SMILES string of the molecule is N#CC1(Nc2cccc(Br)c2)Cc2ccccc2C1. The summed E-state index contributed by atoms with van der Waals surface area (Å²) in [5.41, 5.74) is 2.99. The Labute approximate surface area is 121 Å². The number of hydrogen-bond donors (Lipinski definition) is 1. The third kappa shape index (κ3) is 2.36. The number of nitriles is 1. The third-order valence-electron chi connectivity index (χ3n) is 3.53. The van der Waals surface area contributed by atoms with Crippen LogP contribution in [0.15, 0.2) is 53.0 Å². The van der Waals surface area contributed by atoms with Crippen LogP contribution in [0.3, 0.4) is 0 Å². The van der Waals surface area contributed by atoms with E-state index in [2.05, 4.69) is 39.4 Å². The van der Waals surface area contributed by atoms with E-state index in [1.807, 2.05) is 36.4 Å². The molecule has 1 N–H and O–H groups in total. The number of anilines is 1. The zero-order valence-electron chi connectivity index (χ0n) is 10.4. The van der Waals surface area contributed by atoms with Gasteiger partial charge in [0.2, 0.25) is 0 Å². The zero-order chi connectivity index (χ0) is 13.3. The summed E-state index contributed by atoms with van der Waals surface area (Å²) in [5, 5.41) is 13.0. The van der Waals surface area contributed by atoms with Crippen molar-refractivity contribution in [1.29, 1.82) is 5.26 Å². The minimum Gasteiger partial charge on any atom is -0.367 e. The molecule has 2 aromatic rings. The van der Waals surface area contributed by atoms with Crippen molar-refractivity contribution in [3.8, 4) is 6.07 Å². The first kappa shape index (κ1) is 12.3. The third-order valence-corrected chi connectivity index (χ3v) is 4.02. The highest BCUT2D eigenvalue weighted by atomic mass is 79.9. The van der Waals surface area contributed by atoms with E-state index in [-0.39, 0.29) is 0 Å². The Kier molecular flexibility index (Phi) is 3.04. The van der Waals surface area contributed by atoms with Gasteiger partial charge in [0.1, 0.15) is 5.54 Å². The van der Waals surface area contributed by atoms with Crippen LogP contribution >= 0.6 is 15.9 Å². The maximum Gasteiger partial charge on any atom is 0.133 e. The molecule has 94 valence electrons. The van der Waals surface area contributed by atoms with E-state index in [0.717, 1.165) is 23.0 Å². The number of nitrogens with one attached hydrogen (secondary N) is 1. The average Bonchev–Trinajstić information content (AvgIpc) is 2.77. The lowest BCUT2D eigenvalue weighted by Crippen LogP contribution is -2.37. The summed E-state index contributed by atoms with van der Waals surface area (Å²) in [6.45, 7) is 0. The van der Waals surface area contributed by atoms with Gasteiger partial charge in [-0.15, -0.1) is 0 Å². The smallest absolute Gasteiger partial charge is 0.133 e. The Morgan fingerprint density at radius 3 is 2.32 bits per heavy atom. The van der Waals surface area contributed by atoms with E-state index < -0.39 is 5.54 Å². The van der Waals surface area contributed by atoms with E-state index in [1.165, 1.54) is 11.1 Å². The van der Waals surface area contributed by atoms with Gasteiger partial charge in [0.15, 0.2) is 0 Å². The van der Waals surface area contributed by atoms with Gasteiger partial charge in [-0.25, -0.2) is 0 Å². The van der Waals surface area contributed by atoms with Gasteiger partial charge in [-0.05, 0) is 29.3 Å². The van der Waals surface area contributed by atoms with Crippen molar-refractivity contribution >= 4 is 21.6 Å². The zero-order valence-corrected chi connectivity index (χ0v) is 11.9. The molecule has 0 aliphatic heterocycles. The Hall–Kier alpha value is -1.79. The molecule has 0 aromatic heterocycles. The predicted octanol–water partition coefficient (Wildman–Crippen LogP) is 3.92. The minimum atomic E-state index is -0.523. The molecule has 0 unspecified atom stereocenters. The summed E-state index contributed by atoms with van der Waals surface area (Å²) in [6.07, 6.45) is 1.51. The molecular formula is C16H13BrN2. The molecule has 0 fully saturated rings. The number of nitrogens with zero attached hydrogens (tertiary/aromatic N) is 1. The standard InChI is InChI=1S/C16H13BrN2/c17-14-6-3-7-15(8-14)19-16(11-18)9-12-4-1-2-5-13(12)10-16/h1-8,19H,9-10H2. The predicted molar refractivity (Wildman–Crippen MR) is 80.0 cm³/mol. The molecule has 19 heavy (non-hydrogen) atoms. The Morgan fingerprint density at radius 2 is 1.74 bits per heavy atom. The first-order chi connectivity index (χ1) is 9.21. The summed E-state index contributed by atoms with van der Waals surface area (Å²) < 4.78 is 1.01. The molecule has 3 rings (SSSR count). The summed E-state index contributed by atoms with van der Waals surface area (Å²) in [6, 6.07) is 18.7. The van der Waals surface area contributed by atoms with E-state index in [1.54, 1.807) is 0 Å². The highest BCUT2D eigenvalue weighted by Gasteiger charge is 2.37. The summed E-state index contributed by atoms with van der Waals surface area (Å²) in [4.78, 5) is 0. The van der Waals surface area contributed by atoms with Gasteiger partial charge >= 0.3 is 0 Å². The van der Waals surface area contributed by atoms with Crippen molar-refractivity contribution in [3.63, 3.8) is 0 Å². The molecule has 2 nitrogen and oxygen atoms in total. The van der Waals surface area contributed by atoms with Gasteiger partial charge in [0.05, 0.1) is 6.07 Å². The number of halogens is 1. The van der Waals surface area contributed by atoms with Crippen LogP contribution in [0.2, 0.25) is 0 Å². The number of fused-ring (bicyclic) bond motifs is 1. The van der Waals surface area contributed by atoms with Crippen LogP contribution in [-0.2, 0) is 12.8 Å². The van der Waals surface area contributed by atoms with Gasteiger partial charge < -0.3 is 5.32 Å². The lowest BCUT2D eigenvalue weighted by molar-refractivity contribution is 0.628. The van der Waals surface area contributed by atoms with Crippen molar-refractivity contribution in [1.82, 2.24) is 0 Å². The van der Waals surface area contributed by atoms with Crippen molar-refractivity contribution in [2.75, 3.05) is 5.32 Å². The highest BCUT2D eigenvalue weighted by Crippen LogP contribution is 2.33. The maximum atomic E-state index is 9.60. The van der Waals surface area contributed by atoms with Crippen LogP contribution < -0.4 is 5.32 Å². The van der Waals surface area contributed by atoms with Crippen molar-refractivity contribution < 1.29 is 0 Å². The van der Waals surface area contributed by atoms with Gasteiger partial charge in [0, 0.05) is 23.0 Å². The van der Waals surface area contributed by atoms with E-state index in [4.69, 9.17) is 0 Å². The second kappa shape index (κ2) is 4.71. The van der Waals surface area contributed by atoms with Gasteiger partial charge in [-0.3, -0.25) is 0 Å². The second-order valence-electron chi connectivity index (χ2n) is 4.95. The van der Waals surface area contributed by atoms with Crippen LogP contribution in [0.5, 0.6) is 0 Å². The monoisotopic (exact) mass is 312 g/mol. The minimum absolute atomic E-state index is 0.523. The van der Waals surface area contributed by atoms with E-state index in [9.17, 15) is 5.26 Å². The van der Waals surface area contributed by atoms with E-state index in [0.29, 0.717) is 0 Å². The molecule has 1 aliphatic rings. The van der Waals surface area contributed by atoms with Gasteiger partial charge in [-0.1, -0.05) is 46.3 Å². The second-order valence-corrected chi connectivity index (χ2v) is 5.87. The summed E-state index contributed by atoms with van der Waals surface area (Å²) in [7, 11) is 0. The first-order valence-corrected chi connectivity index (χ1v) is 7.02. The quantitative estimate of drug-likeness (QED) is 0.912. The molecule has 0 bridgehead atoms. The molecule has 2 aromatic carbocycles. The molecule has 3 heteroatoms. The van der Waals surface area contributed by atoms with Gasteiger partial charge in [0.25, 0.3) is 0 Å². The molecule has 0 heterocycles. The molecular weight excluding hydrogens is 300 g/mol. The van der Waals surface area contributed by atoms with Gasteiger partial charge in [-0.2, -0.15) is 5.26 Å².